The van der Waals surface area contributed by atoms with E-state index in [9.17, 15) is 5.11 Å². The third-order valence-corrected chi connectivity index (χ3v) is 1.48. The lowest BCUT2D eigenvalue weighted by Gasteiger charge is -2.22. The van der Waals surface area contributed by atoms with Crippen LogP contribution >= 0.6 is 0 Å². The second-order valence-electron chi connectivity index (χ2n) is 2.30. The fourth-order valence-electron chi connectivity index (χ4n) is 0.805. The Morgan fingerprint density at radius 2 is 2.33 bits per heavy atom. The van der Waals surface area contributed by atoms with E-state index in [4.69, 9.17) is 5.73 Å². The molecule has 9 heavy (non-hydrogen) atoms. The van der Waals surface area contributed by atoms with E-state index in [0.717, 1.165) is 0 Å². The lowest BCUT2D eigenvalue weighted by atomic mass is 9.96. The minimum atomic E-state index is -0.769. The van der Waals surface area contributed by atoms with Gasteiger partial charge in [0.25, 0.3) is 0 Å². The van der Waals surface area contributed by atoms with Crippen molar-refractivity contribution in [3.05, 3.63) is 24.3 Å². The van der Waals surface area contributed by atoms with Gasteiger partial charge in [-0.15, -0.1) is 0 Å². The predicted octanol–water partition coefficient (Wildman–Crippen LogP) is 0.192. The van der Waals surface area contributed by atoms with Crippen molar-refractivity contribution in [2.75, 3.05) is 6.54 Å². The molecule has 0 bridgehead atoms. The molecular weight excluding hydrogens is 114 g/mol. The largest absolute Gasteiger partial charge is 0.384 e. The molecule has 1 atom stereocenters. The van der Waals surface area contributed by atoms with Gasteiger partial charge in [-0.1, -0.05) is 24.3 Å². The maximum atomic E-state index is 9.42. The fourth-order valence-corrected chi connectivity index (χ4v) is 0.805. The highest BCUT2D eigenvalue weighted by Gasteiger charge is 2.20. The molecule has 1 aliphatic carbocycles. The van der Waals surface area contributed by atoms with Crippen molar-refractivity contribution in [2.45, 2.75) is 12.0 Å². The van der Waals surface area contributed by atoms with Crippen molar-refractivity contribution >= 4 is 0 Å². The monoisotopic (exact) mass is 125 g/mol. The van der Waals surface area contributed by atoms with E-state index in [2.05, 4.69) is 0 Å². The molecule has 3 N–H and O–H groups in total. The number of nitrogens with two attached hydrogens (primary N) is 1. The second kappa shape index (κ2) is 2.33. The van der Waals surface area contributed by atoms with Crippen molar-refractivity contribution < 1.29 is 5.11 Å². The predicted molar refractivity (Wildman–Crippen MR) is 36.9 cm³/mol. The molecule has 0 saturated heterocycles. The first kappa shape index (κ1) is 6.52. The molecule has 0 aliphatic heterocycles. The van der Waals surface area contributed by atoms with Gasteiger partial charge in [-0.2, -0.15) is 0 Å². The Morgan fingerprint density at radius 3 is 2.67 bits per heavy atom. The van der Waals surface area contributed by atoms with Gasteiger partial charge in [-0.25, -0.2) is 0 Å². The zero-order chi connectivity index (χ0) is 6.74. The number of allylic oxidation sites excluding steroid dienone is 2. The molecule has 50 valence electrons. The van der Waals surface area contributed by atoms with Gasteiger partial charge in [-0.05, 0) is 6.42 Å². The zero-order valence-electron chi connectivity index (χ0n) is 5.25. The van der Waals surface area contributed by atoms with Gasteiger partial charge in [0.15, 0.2) is 0 Å². The van der Waals surface area contributed by atoms with Crippen LogP contribution in [0, 0.1) is 0 Å². The maximum absolute atomic E-state index is 9.42. The number of hydrogen-bond donors (Lipinski definition) is 2. The Hall–Kier alpha value is -0.600. The molecule has 0 saturated carbocycles. The van der Waals surface area contributed by atoms with Gasteiger partial charge < -0.3 is 10.8 Å². The summed E-state index contributed by atoms with van der Waals surface area (Å²) in [7, 11) is 0. The zero-order valence-corrected chi connectivity index (χ0v) is 5.25. The van der Waals surface area contributed by atoms with Crippen LogP contribution in [0.3, 0.4) is 0 Å². The first-order chi connectivity index (χ1) is 4.27. The molecule has 0 aromatic heterocycles. The summed E-state index contributed by atoms with van der Waals surface area (Å²) in [6.07, 6.45) is 8.00. The van der Waals surface area contributed by atoms with Crippen LogP contribution < -0.4 is 5.73 Å². The average Bonchev–Trinajstić information content (AvgIpc) is 1.90. The normalized spacial score (nSPS) is 33.1. The van der Waals surface area contributed by atoms with E-state index in [1.165, 1.54) is 0 Å². The smallest absolute Gasteiger partial charge is 0.0986 e. The molecule has 0 amide bonds. The van der Waals surface area contributed by atoms with E-state index in [0.29, 0.717) is 13.0 Å². The van der Waals surface area contributed by atoms with Gasteiger partial charge in [0, 0.05) is 6.54 Å². The summed E-state index contributed by atoms with van der Waals surface area (Å²) >= 11 is 0. The summed E-state index contributed by atoms with van der Waals surface area (Å²) in [4.78, 5) is 0. The average molecular weight is 125 g/mol. The summed E-state index contributed by atoms with van der Waals surface area (Å²) in [6, 6.07) is 0. The third-order valence-electron chi connectivity index (χ3n) is 1.48. The van der Waals surface area contributed by atoms with Crippen LogP contribution in [0.5, 0.6) is 0 Å². The number of aliphatic hydroxyl groups is 1. The minimum absolute atomic E-state index is 0.299. The van der Waals surface area contributed by atoms with Crippen molar-refractivity contribution in [3.63, 3.8) is 0 Å². The molecule has 0 fully saturated rings. The summed E-state index contributed by atoms with van der Waals surface area (Å²) in [5, 5.41) is 9.42. The highest BCUT2D eigenvalue weighted by molar-refractivity contribution is 5.18. The van der Waals surface area contributed by atoms with Crippen molar-refractivity contribution in [1.82, 2.24) is 0 Å². The van der Waals surface area contributed by atoms with Gasteiger partial charge in [0.1, 0.15) is 0 Å². The van der Waals surface area contributed by atoms with E-state index in [-0.39, 0.29) is 0 Å². The standard InChI is InChI=1S/C7H11NO/c8-6-7(9)4-2-1-3-5-7/h1-4,9H,5-6,8H2. The molecule has 0 aromatic rings. The van der Waals surface area contributed by atoms with E-state index in [1.807, 2.05) is 18.2 Å². The quantitative estimate of drug-likeness (QED) is 0.525. The molecule has 0 spiro atoms. The summed E-state index contributed by atoms with van der Waals surface area (Å²) in [6.45, 7) is 0.299. The fraction of sp³-hybridized carbons (Fsp3) is 0.429. The Balaban J connectivity index is 2.63. The first-order valence-corrected chi connectivity index (χ1v) is 3.04. The van der Waals surface area contributed by atoms with Crippen molar-refractivity contribution in [2.24, 2.45) is 5.73 Å². The van der Waals surface area contributed by atoms with Crippen LogP contribution in [0.25, 0.3) is 0 Å². The van der Waals surface area contributed by atoms with Gasteiger partial charge >= 0.3 is 0 Å². The van der Waals surface area contributed by atoms with Gasteiger partial charge in [0.05, 0.1) is 5.60 Å². The third kappa shape index (κ3) is 1.40. The Morgan fingerprint density at radius 1 is 1.56 bits per heavy atom. The van der Waals surface area contributed by atoms with Gasteiger partial charge in [-0.3, -0.25) is 0 Å². The van der Waals surface area contributed by atoms with Crippen LogP contribution in [0.4, 0.5) is 0 Å². The molecular formula is C7H11NO. The maximum Gasteiger partial charge on any atom is 0.0986 e. The topological polar surface area (TPSA) is 46.2 Å². The molecule has 0 radical (unpaired) electrons. The van der Waals surface area contributed by atoms with Gasteiger partial charge in [0.2, 0.25) is 0 Å². The second-order valence-corrected chi connectivity index (χ2v) is 2.30. The summed E-state index contributed by atoms with van der Waals surface area (Å²) in [5.41, 5.74) is 4.53. The van der Waals surface area contributed by atoms with Crippen LogP contribution in [0.15, 0.2) is 24.3 Å². The van der Waals surface area contributed by atoms with Crippen molar-refractivity contribution in [3.8, 4) is 0 Å². The van der Waals surface area contributed by atoms with E-state index >= 15 is 0 Å². The Kier molecular flexibility index (Phi) is 1.69. The van der Waals surface area contributed by atoms with E-state index in [1.54, 1.807) is 6.08 Å². The SMILES string of the molecule is NCC1(O)C=CC=CC1. The van der Waals surface area contributed by atoms with Crippen LogP contribution in [-0.4, -0.2) is 17.3 Å². The molecule has 1 rings (SSSR count). The Bertz CT molecular complexity index is 151. The Labute approximate surface area is 54.7 Å². The van der Waals surface area contributed by atoms with Crippen LogP contribution in [-0.2, 0) is 0 Å². The highest BCUT2D eigenvalue weighted by Crippen LogP contribution is 2.14. The first-order valence-electron chi connectivity index (χ1n) is 3.04. The lowest BCUT2D eigenvalue weighted by molar-refractivity contribution is 0.102. The minimum Gasteiger partial charge on any atom is -0.384 e. The van der Waals surface area contributed by atoms with E-state index < -0.39 is 5.60 Å². The summed E-state index contributed by atoms with van der Waals surface area (Å²) in [5.74, 6) is 0. The molecule has 2 nitrogen and oxygen atoms in total. The molecule has 2 heteroatoms. The molecule has 1 unspecified atom stereocenters. The summed E-state index contributed by atoms with van der Waals surface area (Å²) < 4.78 is 0. The molecule has 0 aromatic carbocycles. The highest BCUT2D eigenvalue weighted by atomic mass is 16.3. The van der Waals surface area contributed by atoms with Crippen LogP contribution in [0.1, 0.15) is 6.42 Å². The molecule has 1 aliphatic rings. The van der Waals surface area contributed by atoms with Crippen molar-refractivity contribution in [1.29, 1.82) is 0 Å². The molecule has 0 heterocycles. The number of rotatable bonds is 1. The number of hydrogen-bond acceptors (Lipinski definition) is 2. The lowest BCUT2D eigenvalue weighted by Crippen LogP contribution is -2.35. The van der Waals surface area contributed by atoms with Crippen LogP contribution in [0.2, 0.25) is 0 Å².